The summed E-state index contributed by atoms with van der Waals surface area (Å²) in [6.07, 6.45) is 0.0748. The summed E-state index contributed by atoms with van der Waals surface area (Å²) in [4.78, 5) is 34.5. The van der Waals surface area contributed by atoms with E-state index in [0.29, 0.717) is 5.69 Å². The number of anilines is 2. The van der Waals surface area contributed by atoms with E-state index < -0.39 is 17.0 Å². The highest BCUT2D eigenvalue weighted by atomic mass is 16.6. The molecule has 0 bridgehead atoms. The standard InChI is InChI=1S/C11H12N4O4/c1-6-4-10(16)13-8-3-2-7(15(18)19)5-9(8)14(6)11(12)17/h2-3,5-6H,4H2,1H3,(H2,12,17)(H,13,16). The fraction of sp³-hybridized carbons (Fsp3) is 0.273. The van der Waals surface area contributed by atoms with Crippen LogP contribution in [0.15, 0.2) is 18.2 Å². The Morgan fingerprint density at radius 2 is 2.26 bits per heavy atom. The minimum atomic E-state index is -0.759. The third kappa shape index (κ3) is 2.32. The summed E-state index contributed by atoms with van der Waals surface area (Å²) in [6, 6.07) is 2.64. The van der Waals surface area contributed by atoms with Gasteiger partial charge in [0.1, 0.15) is 0 Å². The molecule has 2 rings (SSSR count). The number of carbonyl (C=O) groups excluding carboxylic acids is 2. The third-order valence-electron chi connectivity index (χ3n) is 2.88. The average molecular weight is 264 g/mol. The van der Waals surface area contributed by atoms with E-state index in [9.17, 15) is 19.7 Å². The lowest BCUT2D eigenvalue weighted by atomic mass is 10.2. The van der Waals surface area contributed by atoms with Gasteiger partial charge in [0.05, 0.1) is 16.3 Å². The number of nitrogens with one attached hydrogen (secondary N) is 1. The molecule has 0 aliphatic carbocycles. The van der Waals surface area contributed by atoms with Gasteiger partial charge in [-0.1, -0.05) is 0 Å². The van der Waals surface area contributed by atoms with Crippen molar-refractivity contribution in [2.24, 2.45) is 5.73 Å². The Bertz CT molecular complexity index is 572. The molecular weight excluding hydrogens is 252 g/mol. The van der Waals surface area contributed by atoms with E-state index in [1.54, 1.807) is 6.92 Å². The third-order valence-corrected chi connectivity index (χ3v) is 2.88. The molecule has 0 aromatic heterocycles. The van der Waals surface area contributed by atoms with Crippen LogP contribution in [-0.2, 0) is 4.79 Å². The molecule has 0 radical (unpaired) electrons. The van der Waals surface area contributed by atoms with Gasteiger partial charge in [0, 0.05) is 24.6 Å². The summed E-state index contributed by atoms with van der Waals surface area (Å²) >= 11 is 0. The van der Waals surface area contributed by atoms with Gasteiger partial charge in [-0.3, -0.25) is 19.8 Å². The maximum atomic E-state index is 11.6. The maximum Gasteiger partial charge on any atom is 0.319 e. The summed E-state index contributed by atoms with van der Waals surface area (Å²) in [7, 11) is 0. The molecule has 0 spiro atoms. The van der Waals surface area contributed by atoms with E-state index in [-0.39, 0.29) is 23.7 Å². The zero-order chi connectivity index (χ0) is 14.2. The second-order valence-corrected chi connectivity index (χ2v) is 4.27. The number of hydrogen-bond acceptors (Lipinski definition) is 4. The molecular formula is C11H12N4O4. The number of benzene rings is 1. The molecule has 0 fully saturated rings. The molecule has 19 heavy (non-hydrogen) atoms. The van der Waals surface area contributed by atoms with Crippen LogP contribution in [0.25, 0.3) is 0 Å². The molecule has 1 aromatic carbocycles. The van der Waals surface area contributed by atoms with Crippen LogP contribution in [0.2, 0.25) is 0 Å². The Labute approximate surface area is 108 Å². The van der Waals surface area contributed by atoms with E-state index in [4.69, 9.17) is 5.73 Å². The first-order valence-corrected chi connectivity index (χ1v) is 5.57. The first kappa shape index (κ1) is 12.8. The lowest BCUT2D eigenvalue weighted by molar-refractivity contribution is -0.384. The largest absolute Gasteiger partial charge is 0.351 e. The van der Waals surface area contributed by atoms with E-state index in [1.165, 1.54) is 23.1 Å². The molecule has 3 amide bonds. The minimum absolute atomic E-state index is 0.0748. The maximum absolute atomic E-state index is 11.6. The van der Waals surface area contributed by atoms with Crippen molar-refractivity contribution in [3.63, 3.8) is 0 Å². The number of nitrogens with zero attached hydrogens (tertiary/aromatic N) is 2. The van der Waals surface area contributed by atoms with Crippen LogP contribution in [-0.4, -0.2) is 22.9 Å². The van der Waals surface area contributed by atoms with Gasteiger partial charge < -0.3 is 11.1 Å². The number of carbonyl (C=O) groups is 2. The highest BCUT2D eigenvalue weighted by molar-refractivity contribution is 6.03. The van der Waals surface area contributed by atoms with Crippen molar-refractivity contribution in [1.82, 2.24) is 0 Å². The number of non-ortho nitro benzene ring substituents is 1. The topological polar surface area (TPSA) is 119 Å². The summed E-state index contributed by atoms with van der Waals surface area (Å²) < 4.78 is 0. The Morgan fingerprint density at radius 1 is 1.58 bits per heavy atom. The van der Waals surface area contributed by atoms with Crippen LogP contribution in [0.3, 0.4) is 0 Å². The number of fused-ring (bicyclic) bond motifs is 1. The lowest BCUT2D eigenvalue weighted by Crippen LogP contribution is -2.42. The molecule has 0 saturated carbocycles. The van der Waals surface area contributed by atoms with Crippen molar-refractivity contribution >= 4 is 29.0 Å². The molecule has 100 valence electrons. The van der Waals surface area contributed by atoms with E-state index in [1.807, 2.05) is 0 Å². The first-order chi connectivity index (χ1) is 8.90. The quantitative estimate of drug-likeness (QED) is 0.585. The number of amides is 3. The number of nitrogens with two attached hydrogens (primary N) is 1. The number of nitro benzene ring substituents is 1. The normalized spacial score (nSPS) is 18.3. The SMILES string of the molecule is CC1CC(=O)Nc2ccc([N+](=O)[O-])cc2N1C(N)=O. The van der Waals surface area contributed by atoms with Crippen LogP contribution < -0.4 is 16.0 Å². The molecule has 0 saturated heterocycles. The molecule has 1 aliphatic heterocycles. The van der Waals surface area contributed by atoms with Crippen molar-refractivity contribution < 1.29 is 14.5 Å². The zero-order valence-electron chi connectivity index (χ0n) is 10.1. The van der Waals surface area contributed by atoms with Crippen LogP contribution in [0.1, 0.15) is 13.3 Å². The number of rotatable bonds is 1. The molecule has 1 aromatic rings. The number of urea groups is 1. The summed E-state index contributed by atoms with van der Waals surface area (Å²) in [5, 5.41) is 13.4. The molecule has 8 heteroatoms. The van der Waals surface area contributed by atoms with Crippen LogP contribution in [0.4, 0.5) is 21.9 Å². The van der Waals surface area contributed by atoms with Crippen molar-refractivity contribution in [3.8, 4) is 0 Å². The molecule has 1 unspecified atom stereocenters. The molecule has 3 N–H and O–H groups in total. The summed E-state index contributed by atoms with van der Waals surface area (Å²) in [6.45, 7) is 1.65. The predicted octanol–water partition coefficient (Wildman–Crippen LogP) is 1.21. The fourth-order valence-corrected chi connectivity index (χ4v) is 2.07. The number of nitro groups is 1. The average Bonchev–Trinajstić information content (AvgIpc) is 2.41. The zero-order valence-corrected chi connectivity index (χ0v) is 10.1. The number of hydrogen-bond donors (Lipinski definition) is 2. The summed E-state index contributed by atoms with van der Waals surface area (Å²) in [5.41, 5.74) is 5.69. The van der Waals surface area contributed by atoms with Gasteiger partial charge >= 0.3 is 6.03 Å². The van der Waals surface area contributed by atoms with Gasteiger partial charge in [-0.25, -0.2) is 4.79 Å². The predicted molar refractivity (Wildman–Crippen MR) is 67.9 cm³/mol. The molecule has 1 aliphatic rings. The van der Waals surface area contributed by atoms with Crippen molar-refractivity contribution in [2.75, 3.05) is 10.2 Å². The second kappa shape index (κ2) is 4.56. The first-order valence-electron chi connectivity index (χ1n) is 5.57. The highest BCUT2D eigenvalue weighted by Crippen LogP contribution is 2.34. The van der Waals surface area contributed by atoms with E-state index >= 15 is 0 Å². The monoisotopic (exact) mass is 264 g/mol. The van der Waals surface area contributed by atoms with Crippen LogP contribution in [0.5, 0.6) is 0 Å². The smallest absolute Gasteiger partial charge is 0.319 e. The molecule has 8 nitrogen and oxygen atoms in total. The second-order valence-electron chi connectivity index (χ2n) is 4.27. The van der Waals surface area contributed by atoms with Gasteiger partial charge in [-0.05, 0) is 13.0 Å². The Morgan fingerprint density at radius 3 is 2.84 bits per heavy atom. The van der Waals surface area contributed by atoms with Crippen molar-refractivity contribution in [3.05, 3.63) is 28.3 Å². The van der Waals surface area contributed by atoms with Crippen LogP contribution in [0, 0.1) is 10.1 Å². The number of primary amides is 1. The molecule has 1 heterocycles. The highest BCUT2D eigenvalue weighted by Gasteiger charge is 2.29. The fourth-order valence-electron chi connectivity index (χ4n) is 2.07. The van der Waals surface area contributed by atoms with Gasteiger partial charge in [0.25, 0.3) is 5.69 Å². The minimum Gasteiger partial charge on any atom is -0.351 e. The van der Waals surface area contributed by atoms with Gasteiger partial charge in [-0.2, -0.15) is 0 Å². The van der Waals surface area contributed by atoms with Gasteiger partial charge in [-0.15, -0.1) is 0 Å². The Kier molecular flexibility index (Phi) is 3.07. The summed E-state index contributed by atoms with van der Waals surface area (Å²) in [5.74, 6) is -0.272. The van der Waals surface area contributed by atoms with Gasteiger partial charge in [0.15, 0.2) is 0 Å². The molecule has 1 atom stereocenters. The Hall–Kier alpha value is -2.64. The van der Waals surface area contributed by atoms with E-state index in [2.05, 4.69) is 5.32 Å². The van der Waals surface area contributed by atoms with E-state index in [0.717, 1.165) is 0 Å². The van der Waals surface area contributed by atoms with Gasteiger partial charge in [0.2, 0.25) is 5.91 Å². The van der Waals surface area contributed by atoms with Crippen LogP contribution >= 0.6 is 0 Å². The van der Waals surface area contributed by atoms with Crippen molar-refractivity contribution in [1.29, 1.82) is 0 Å². The Balaban J connectivity index is 2.60. The lowest BCUT2D eigenvalue weighted by Gasteiger charge is -2.25. The van der Waals surface area contributed by atoms with Crippen molar-refractivity contribution in [2.45, 2.75) is 19.4 Å².